The molecule has 1 saturated heterocycles. The summed E-state index contributed by atoms with van der Waals surface area (Å²) in [4.78, 5) is 0. The van der Waals surface area contributed by atoms with Crippen LogP contribution >= 0.6 is 0 Å². The average molecular weight is 202 g/mol. The Morgan fingerprint density at radius 3 is 2.54 bits per heavy atom. The average Bonchev–Trinajstić information content (AvgIpc) is 2.56. The topological polar surface area (TPSA) is 49.4 Å². The summed E-state index contributed by atoms with van der Waals surface area (Å²) < 4.78 is 26.8. The van der Waals surface area contributed by atoms with Gasteiger partial charge in [0.05, 0.1) is 0 Å². The lowest BCUT2D eigenvalue weighted by atomic mass is 10.4. The predicted octanol–water partition coefficient (Wildman–Crippen LogP) is -0.0601. The fourth-order valence-corrected chi connectivity index (χ4v) is 2.55. The second-order valence-corrected chi connectivity index (χ2v) is 4.71. The summed E-state index contributed by atoms with van der Waals surface area (Å²) in [6, 6.07) is 0. The molecule has 0 amide bonds. The molecule has 0 atom stereocenters. The van der Waals surface area contributed by atoms with Gasteiger partial charge in [0, 0.05) is 26.1 Å². The molecule has 1 heterocycles. The summed E-state index contributed by atoms with van der Waals surface area (Å²) in [6.45, 7) is 1.59. The van der Waals surface area contributed by atoms with Gasteiger partial charge in [0.25, 0.3) is 10.2 Å². The van der Waals surface area contributed by atoms with Gasteiger partial charge in [-0.25, -0.2) is 4.72 Å². The first-order valence-electron chi connectivity index (χ1n) is 4.35. The van der Waals surface area contributed by atoms with Crippen LogP contribution in [0.5, 0.6) is 0 Å². The maximum atomic E-state index is 11.5. The van der Waals surface area contributed by atoms with Gasteiger partial charge in [-0.1, -0.05) is 0 Å². The Bertz CT molecular complexity index is 286. The molecule has 0 aromatic heterocycles. The van der Waals surface area contributed by atoms with Crippen LogP contribution in [-0.4, -0.2) is 32.4 Å². The second kappa shape index (κ2) is 4.61. The van der Waals surface area contributed by atoms with Gasteiger partial charge in [-0.3, -0.25) is 0 Å². The zero-order chi connectivity index (χ0) is 9.73. The number of nitrogens with zero attached hydrogens (tertiary/aromatic N) is 1. The summed E-state index contributed by atoms with van der Waals surface area (Å²) in [5.74, 6) is 2.39. The van der Waals surface area contributed by atoms with E-state index in [0.29, 0.717) is 26.1 Å². The molecule has 0 aliphatic carbocycles. The summed E-state index contributed by atoms with van der Waals surface area (Å²) in [7, 11) is -3.24. The van der Waals surface area contributed by atoms with Gasteiger partial charge in [0.2, 0.25) is 0 Å². The van der Waals surface area contributed by atoms with Gasteiger partial charge in [-0.05, 0) is 12.8 Å². The highest BCUT2D eigenvalue weighted by molar-refractivity contribution is 7.87. The van der Waals surface area contributed by atoms with E-state index < -0.39 is 10.2 Å². The van der Waals surface area contributed by atoms with Crippen molar-refractivity contribution in [1.29, 1.82) is 0 Å². The van der Waals surface area contributed by atoms with E-state index in [0.717, 1.165) is 12.8 Å². The van der Waals surface area contributed by atoms with Crippen LogP contribution in [0.25, 0.3) is 0 Å². The third-order valence-corrected chi connectivity index (χ3v) is 3.57. The number of terminal acetylenes is 1. The van der Waals surface area contributed by atoms with Crippen LogP contribution in [0.3, 0.4) is 0 Å². The highest BCUT2D eigenvalue weighted by Crippen LogP contribution is 2.10. The first-order chi connectivity index (χ1) is 6.17. The third-order valence-electron chi connectivity index (χ3n) is 1.96. The molecule has 0 bridgehead atoms. The molecule has 0 radical (unpaired) electrons. The quantitative estimate of drug-likeness (QED) is 0.513. The third kappa shape index (κ3) is 2.99. The maximum Gasteiger partial charge on any atom is 0.279 e. The van der Waals surface area contributed by atoms with Crippen molar-refractivity contribution in [3.05, 3.63) is 0 Å². The van der Waals surface area contributed by atoms with Crippen molar-refractivity contribution in [2.24, 2.45) is 0 Å². The summed E-state index contributed by atoms with van der Waals surface area (Å²) in [5, 5.41) is 0. The fourth-order valence-electron chi connectivity index (χ4n) is 1.27. The Morgan fingerprint density at radius 2 is 2.00 bits per heavy atom. The van der Waals surface area contributed by atoms with Crippen molar-refractivity contribution >= 4 is 10.2 Å². The van der Waals surface area contributed by atoms with E-state index >= 15 is 0 Å². The minimum absolute atomic E-state index is 0.329. The Labute approximate surface area is 79.5 Å². The molecule has 1 fully saturated rings. The van der Waals surface area contributed by atoms with Crippen LogP contribution in [0.2, 0.25) is 0 Å². The van der Waals surface area contributed by atoms with Gasteiger partial charge < -0.3 is 0 Å². The van der Waals surface area contributed by atoms with E-state index in [4.69, 9.17) is 6.42 Å². The van der Waals surface area contributed by atoms with E-state index in [-0.39, 0.29) is 0 Å². The standard InChI is InChI=1S/C8H14N2O2S/c1-2-3-6-9-13(11,12)10-7-4-5-8-10/h1,9H,3-8H2. The normalized spacial score (nSPS) is 18.7. The summed E-state index contributed by atoms with van der Waals surface area (Å²) in [5.41, 5.74) is 0. The zero-order valence-electron chi connectivity index (χ0n) is 7.49. The van der Waals surface area contributed by atoms with Crippen molar-refractivity contribution in [3.8, 4) is 12.3 Å². The first-order valence-corrected chi connectivity index (χ1v) is 5.79. The number of nitrogens with one attached hydrogen (secondary N) is 1. The van der Waals surface area contributed by atoms with Gasteiger partial charge in [-0.2, -0.15) is 12.7 Å². The molecule has 0 saturated carbocycles. The van der Waals surface area contributed by atoms with Crippen LogP contribution in [-0.2, 0) is 10.2 Å². The molecule has 4 nitrogen and oxygen atoms in total. The molecule has 0 unspecified atom stereocenters. The van der Waals surface area contributed by atoms with E-state index in [9.17, 15) is 8.42 Å². The van der Waals surface area contributed by atoms with E-state index in [2.05, 4.69) is 10.6 Å². The van der Waals surface area contributed by atoms with Crippen molar-refractivity contribution in [3.63, 3.8) is 0 Å². The molecule has 0 aromatic carbocycles. The zero-order valence-corrected chi connectivity index (χ0v) is 8.31. The van der Waals surface area contributed by atoms with E-state index in [1.54, 1.807) is 0 Å². The minimum Gasteiger partial charge on any atom is -0.201 e. The summed E-state index contributed by atoms with van der Waals surface area (Å²) in [6.07, 6.45) is 7.36. The van der Waals surface area contributed by atoms with Gasteiger partial charge in [0.1, 0.15) is 0 Å². The van der Waals surface area contributed by atoms with E-state index in [1.807, 2.05) is 0 Å². The minimum atomic E-state index is -3.24. The first kappa shape index (κ1) is 10.5. The van der Waals surface area contributed by atoms with Crippen LogP contribution in [0.4, 0.5) is 0 Å². The lowest BCUT2D eigenvalue weighted by Crippen LogP contribution is -2.39. The van der Waals surface area contributed by atoms with Crippen LogP contribution < -0.4 is 4.72 Å². The molecule has 1 rings (SSSR count). The Kier molecular flexibility index (Phi) is 3.72. The molecular weight excluding hydrogens is 188 g/mol. The lowest BCUT2D eigenvalue weighted by Gasteiger charge is -2.15. The molecule has 1 N–H and O–H groups in total. The summed E-state index contributed by atoms with van der Waals surface area (Å²) >= 11 is 0. The smallest absolute Gasteiger partial charge is 0.201 e. The molecule has 1 aliphatic rings. The van der Waals surface area contributed by atoms with Crippen molar-refractivity contribution in [1.82, 2.24) is 9.03 Å². The monoisotopic (exact) mass is 202 g/mol. The van der Waals surface area contributed by atoms with Crippen LogP contribution in [0, 0.1) is 12.3 Å². The largest absolute Gasteiger partial charge is 0.279 e. The Hall–Kier alpha value is -0.570. The highest BCUT2D eigenvalue weighted by Gasteiger charge is 2.23. The van der Waals surface area contributed by atoms with Crippen molar-refractivity contribution < 1.29 is 8.42 Å². The van der Waals surface area contributed by atoms with Crippen LogP contribution in [0.15, 0.2) is 0 Å². The van der Waals surface area contributed by atoms with Gasteiger partial charge in [-0.15, -0.1) is 12.3 Å². The molecule has 0 aromatic rings. The lowest BCUT2D eigenvalue weighted by molar-refractivity contribution is 0.466. The molecule has 13 heavy (non-hydrogen) atoms. The number of rotatable bonds is 4. The molecule has 0 spiro atoms. The molecular formula is C8H14N2O2S. The highest BCUT2D eigenvalue weighted by atomic mass is 32.2. The van der Waals surface area contributed by atoms with Gasteiger partial charge in [0.15, 0.2) is 0 Å². The number of hydrogen-bond donors (Lipinski definition) is 1. The number of hydrogen-bond acceptors (Lipinski definition) is 2. The van der Waals surface area contributed by atoms with Crippen LogP contribution in [0.1, 0.15) is 19.3 Å². The predicted molar refractivity (Wildman–Crippen MR) is 51.2 cm³/mol. The SMILES string of the molecule is C#CCCNS(=O)(=O)N1CCCC1. The van der Waals surface area contributed by atoms with Crippen molar-refractivity contribution in [2.45, 2.75) is 19.3 Å². The van der Waals surface area contributed by atoms with Gasteiger partial charge >= 0.3 is 0 Å². The van der Waals surface area contributed by atoms with Crippen molar-refractivity contribution in [2.75, 3.05) is 19.6 Å². The molecule has 74 valence electrons. The molecule has 1 aliphatic heterocycles. The van der Waals surface area contributed by atoms with E-state index in [1.165, 1.54) is 4.31 Å². The fraction of sp³-hybridized carbons (Fsp3) is 0.750. The Morgan fingerprint density at radius 1 is 1.38 bits per heavy atom. The maximum absolute atomic E-state index is 11.5. The molecule has 5 heteroatoms. The second-order valence-electron chi connectivity index (χ2n) is 2.96. The Balaban J connectivity index is 2.41.